The van der Waals surface area contributed by atoms with Crippen LogP contribution in [-0.4, -0.2) is 49.7 Å². The molecule has 5 rings (SSSR count). The molecule has 0 aliphatic carbocycles. The van der Waals surface area contributed by atoms with Crippen molar-refractivity contribution in [3.63, 3.8) is 0 Å². The minimum absolute atomic E-state index is 0.153. The highest BCUT2D eigenvalue weighted by Crippen LogP contribution is 2.25. The number of oxazole rings is 1. The molecule has 1 aliphatic heterocycles. The van der Waals surface area contributed by atoms with E-state index < -0.39 is 10.0 Å². The van der Waals surface area contributed by atoms with Crippen LogP contribution in [0.4, 0.5) is 23.0 Å². The zero-order valence-electron chi connectivity index (χ0n) is 19.9. The van der Waals surface area contributed by atoms with Gasteiger partial charge in [-0.2, -0.15) is 0 Å². The Balaban J connectivity index is 1.26. The Hall–Kier alpha value is -3.96. The summed E-state index contributed by atoms with van der Waals surface area (Å²) < 4.78 is 39.0. The lowest BCUT2D eigenvalue weighted by Gasteiger charge is -2.28. The van der Waals surface area contributed by atoms with Gasteiger partial charge in [0.1, 0.15) is 29.4 Å². The third-order valence-corrected chi connectivity index (χ3v) is 7.05. The fraction of sp³-hybridized carbons (Fsp3) is 0.240. The number of rotatable bonds is 7. The molecule has 0 spiro atoms. The molecule has 10 nitrogen and oxygen atoms in total. The van der Waals surface area contributed by atoms with E-state index in [1.165, 1.54) is 0 Å². The Labute approximate surface area is 209 Å². The van der Waals surface area contributed by atoms with E-state index in [9.17, 15) is 8.42 Å². The molecule has 2 aromatic heterocycles. The molecule has 4 aromatic rings. The SMILES string of the molecule is Cc1nc(Nc2ccc(NS(=O)(=O)c3ccc(-c4coc(C)n4)cc3)cc2)cc(N2CCOCC2)n1. The number of morpholine rings is 1. The van der Waals surface area contributed by atoms with Crippen molar-refractivity contribution in [3.8, 4) is 11.3 Å². The summed E-state index contributed by atoms with van der Waals surface area (Å²) in [6.45, 7) is 6.53. The first-order chi connectivity index (χ1) is 17.4. The van der Waals surface area contributed by atoms with Crippen molar-refractivity contribution < 1.29 is 17.6 Å². The molecule has 0 amide bonds. The zero-order valence-corrected chi connectivity index (χ0v) is 20.7. The lowest BCUT2D eigenvalue weighted by atomic mass is 10.2. The summed E-state index contributed by atoms with van der Waals surface area (Å²) in [7, 11) is -3.75. The molecular weight excluding hydrogens is 480 g/mol. The van der Waals surface area contributed by atoms with E-state index in [0.29, 0.717) is 42.1 Å². The predicted octanol–water partition coefficient (Wildman–Crippen LogP) is 4.13. The zero-order chi connectivity index (χ0) is 25.1. The molecule has 36 heavy (non-hydrogen) atoms. The van der Waals surface area contributed by atoms with Crippen molar-refractivity contribution >= 4 is 33.0 Å². The van der Waals surface area contributed by atoms with Gasteiger partial charge in [0.15, 0.2) is 5.89 Å². The molecule has 11 heteroatoms. The number of ether oxygens (including phenoxy) is 1. The van der Waals surface area contributed by atoms with Gasteiger partial charge in [0, 0.05) is 43.0 Å². The number of benzene rings is 2. The van der Waals surface area contributed by atoms with Gasteiger partial charge in [0.2, 0.25) is 0 Å². The lowest BCUT2D eigenvalue weighted by Crippen LogP contribution is -2.36. The van der Waals surface area contributed by atoms with Gasteiger partial charge in [-0.3, -0.25) is 4.72 Å². The van der Waals surface area contributed by atoms with E-state index in [-0.39, 0.29) is 4.90 Å². The normalized spacial score (nSPS) is 14.0. The fourth-order valence-electron chi connectivity index (χ4n) is 3.85. The average Bonchev–Trinajstić information content (AvgIpc) is 3.32. The second-order valence-corrected chi connectivity index (χ2v) is 10.0. The number of aryl methyl sites for hydroxylation is 2. The number of aromatic nitrogens is 3. The van der Waals surface area contributed by atoms with Gasteiger partial charge in [0.05, 0.1) is 18.1 Å². The maximum atomic E-state index is 12.9. The van der Waals surface area contributed by atoms with Gasteiger partial charge in [-0.05, 0) is 43.3 Å². The van der Waals surface area contributed by atoms with Crippen LogP contribution in [0.3, 0.4) is 0 Å². The summed E-state index contributed by atoms with van der Waals surface area (Å²) in [5.74, 6) is 2.73. The van der Waals surface area contributed by atoms with Crippen LogP contribution < -0.4 is 14.9 Å². The summed E-state index contributed by atoms with van der Waals surface area (Å²) in [5.41, 5.74) is 2.65. The minimum atomic E-state index is -3.75. The summed E-state index contributed by atoms with van der Waals surface area (Å²) in [5, 5.41) is 3.27. The molecule has 3 heterocycles. The molecule has 0 saturated carbocycles. The number of hydrogen-bond donors (Lipinski definition) is 2. The number of nitrogens with one attached hydrogen (secondary N) is 2. The first-order valence-corrected chi connectivity index (χ1v) is 12.9. The molecule has 186 valence electrons. The maximum Gasteiger partial charge on any atom is 0.261 e. The van der Waals surface area contributed by atoms with Crippen molar-refractivity contribution in [2.75, 3.05) is 41.2 Å². The number of anilines is 4. The van der Waals surface area contributed by atoms with Crippen LogP contribution in [0, 0.1) is 13.8 Å². The molecule has 2 N–H and O–H groups in total. The lowest BCUT2D eigenvalue weighted by molar-refractivity contribution is 0.122. The van der Waals surface area contributed by atoms with Crippen LogP contribution in [0.1, 0.15) is 11.7 Å². The molecule has 1 fully saturated rings. The van der Waals surface area contributed by atoms with Crippen LogP contribution in [-0.2, 0) is 14.8 Å². The number of nitrogens with zero attached hydrogens (tertiary/aromatic N) is 4. The van der Waals surface area contributed by atoms with Gasteiger partial charge in [-0.15, -0.1) is 0 Å². The van der Waals surface area contributed by atoms with E-state index in [1.54, 1.807) is 61.7 Å². The molecule has 0 bridgehead atoms. The monoisotopic (exact) mass is 506 g/mol. The van der Waals surface area contributed by atoms with E-state index in [2.05, 4.69) is 29.9 Å². The molecule has 1 saturated heterocycles. The first-order valence-electron chi connectivity index (χ1n) is 11.5. The van der Waals surface area contributed by atoms with Crippen LogP contribution in [0.25, 0.3) is 11.3 Å². The largest absolute Gasteiger partial charge is 0.449 e. The third kappa shape index (κ3) is 5.47. The molecule has 0 atom stereocenters. The predicted molar refractivity (Wildman–Crippen MR) is 137 cm³/mol. The Morgan fingerprint density at radius 3 is 2.25 bits per heavy atom. The first kappa shape index (κ1) is 23.8. The van der Waals surface area contributed by atoms with Crippen molar-refractivity contribution in [1.29, 1.82) is 0 Å². The summed E-state index contributed by atoms with van der Waals surface area (Å²) >= 11 is 0. The quantitative estimate of drug-likeness (QED) is 0.381. The second kappa shape index (κ2) is 9.96. The van der Waals surface area contributed by atoms with Crippen molar-refractivity contribution in [1.82, 2.24) is 15.0 Å². The van der Waals surface area contributed by atoms with Gasteiger partial charge in [-0.1, -0.05) is 12.1 Å². The Kier molecular flexibility index (Phi) is 6.57. The third-order valence-electron chi connectivity index (χ3n) is 5.65. The molecule has 0 radical (unpaired) electrons. The van der Waals surface area contributed by atoms with Gasteiger partial charge in [0.25, 0.3) is 10.0 Å². The molecule has 0 unspecified atom stereocenters. The van der Waals surface area contributed by atoms with Crippen molar-refractivity contribution in [3.05, 3.63) is 72.6 Å². The number of hydrogen-bond acceptors (Lipinski definition) is 9. The average molecular weight is 507 g/mol. The molecule has 2 aromatic carbocycles. The highest BCUT2D eigenvalue weighted by atomic mass is 32.2. The smallest absolute Gasteiger partial charge is 0.261 e. The highest BCUT2D eigenvalue weighted by Gasteiger charge is 2.16. The van der Waals surface area contributed by atoms with E-state index in [0.717, 1.165) is 30.2 Å². The highest BCUT2D eigenvalue weighted by molar-refractivity contribution is 7.92. The van der Waals surface area contributed by atoms with Gasteiger partial charge in [-0.25, -0.2) is 23.4 Å². The molecule has 1 aliphatic rings. The number of sulfonamides is 1. The topological polar surface area (TPSA) is 122 Å². The van der Waals surface area contributed by atoms with E-state index >= 15 is 0 Å². The van der Waals surface area contributed by atoms with E-state index in [1.807, 2.05) is 13.0 Å². The van der Waals surface area contributed by atoms with Gasteiger partial charge >= 0.3 is 0 Å². The summed E-state index contributed by atoms with van der Waals surface area (Å²) in [6.07, 6.45) is 1.54. The Morgan fingerprint density at radius 2 is 1.58 bits per heavy atom. The van der Waals surface area contributed by atoms with Crippen LogP contribution in [0.15, 0.2) is 70.2 Å². The maximum absolute atomic E-state index is 12.9. The summed E-state index contributed by atoms with van der Waals surface area (Å²) in [6, 6.07) is 15.4. The fourth-order valence-corrected chi connectivity index (χ4v) is 4.91. The van der Waals surface area contributed by atoms with E-state index in [4.69, 9.17) is 9.15 Å². The van der Waals surface area contributed by atoms with Crippen molar-refractivity contribution in [2.45, 2.75) is 18.7 Å². The van der Waals surface area contributed by atoms with Crippen molar-refractivity contribution in [2.24, 2.45) is 0 Å². The van der Waals surface area contributed by atoms with Gasteiger partial charge < -0.3 is 19.4 Å². The minimum Gasteiger partial charge on any atom is -0.449 e. The standard InChI is InChI=1S/C25H26N6O4S/c1-17-26-24(15-25(27-17)31-11-13-34-14-12-31)29-20-5-7-21(8-6-20)30-36(32,33)22-9-3-19(4-10-22)23-16-35-18(2)28-23/h3-10,15-16,30H,11-14H2,1-2H3,(H,26,27,29). The second-order valence-electron chi connectivity index (χ2n) is 8.34. The molecular formula is C25H26N6O4S. The van der Waals surface area contributed by atoms with Crippen LogP contribution in [0.2, 0.25) is 0 Å². The summed E-state index contributed by atoms with van der Waals surface area (Å²) in [4.78, 5) is 15.6. The van der Waals surface area contributed by atoms with Crippen LogP contribution in [0.5, 0.6) is 0 Å². The Bertz CT molecular complexity index is 1450. The Morgan fingerprint density at radius 1 is 0.889 bits per heavy atom. The van der Waals surface area contributed by atoms with Crippen LogP contribution >= 0.6 is 0 Å².